The highest BCUT2D eigenvalue weighted by atomic mass is 32.2. The van der Waals surface area contributed by atoms with Crippen LogP contribution in [-0.4, -0.2) is 82.8 Å². The minimum atomic E-state index is -1.52. The maximum absolute atomic E-state index is 13.3. The summed E-state index contributed by atoms with van der Waals surface area (Å²) in [4.78, 5) is 63.9. The molecule has 11 nitrogen and oxygen atoms in total. The fourth-order valence-corrected chi connectivity index (χ4v) is 9.75. The molecule has 0 aromatic carbocycles. The molecule has 0 saturated carbocycles. The Morgan fingerprint density at radius 3 is 1.10 bits per heavy atom. The zero-order chi connectivity index (χ0) is 50.7. The molecule has 69 heavy (non-hydrogen) atoms. The van der Waals surface area contributed by atoms with E-state index in [0.29, 0.717) is 12.8 Å². The van der Waals surface area contributed by atoms with Crippen LogP contribution in [0.15, 0.2) is 0 Å². The predicted molar refractivity (Wildman–Crippen MR) is 288 cm³/mol. The number of carboxylic acid groups (broad SMARTS) is 1. The highest BCUT2D eigenvalue weighted by Crippen LogP contribution is 2.18. The molecule has 0 spiro atoms. The van der Waals surface area contributed by atoms with Gasteiger partial charge in [-0.05, 0) is 19.3 Å². The summed E-state index contributed by atoms with van der Waals surface area (Å²) in [5.41, 5.74) is 0. The lowest BCUT2D eigenvalue weighted by atomic mass is 10.0. The molecule has 0 saturated heterocycles. The van der Waals surface area contributed by atoms with E-state index < -0.39 is 36.7 Å². The van der Waals surface area contributed by atoms with Crippen molar-refractivity contribution in [1.82, 2.24) is 10.6 Å². The van der Waals surface area contributed by atoms with Gasteiger partial charge in [0.25, 0.3) is 0 Å². The summed E-state index contributed by atoms with van der Waals surface area (Å²) < 4.78 is 11.5. The third-order valence-electron chi connectivity index (χ3n) is 13.2. The number of esters is 2. The monoisotopic (exact) mass is 997 g/mol. The maximum atomic E-state index is 13.3. The van der Waals surface area contributed by atoms with Crippen LogP contribution in [0.2, 0.25) is 0 Å². The van der Waals surface area contributed by atoms with Gasteiger partial charge in [-0.2, -0.15) is 11.8 Å². The van der Waals surface area contributed by atoms with Crippen molar-refractivity contribution in [2.75, 3.05) is 24.7 Å². The lowest BCUT2D eigenvalue weighted by molar-refractivity contribution is -0.157. The van der Waals surface area contributed by atoms with E-state index in [2.05, 4.69) is 31.4 Å². The molecule has 0 bridgehead atoms. The first-order chi connectivity index (χ1) is 33.7. The van der Waals surface area contributed by atoms with Crippen LogP contribution >= 0.6 is 11.8 Å². The Kier molecular flexibility index (Phi) is 50.2. The number of aliphatic carboxylic acids is 1. The number of nitrogens with one attached hydrogen (secondary N) is 2. The number of thioether (sulfide) groups is 1. The lowest BCUT2D eigenvalue weighted by Gasteiger charge is -2.22. The van der Waals surface area contributed by atoms with Gasteiger partial charge in [0, 0.05) is 30.8 Å². The van der Waals surface area contributed by atoms with Gasteiger partial charge in [0.15, 0.2) is 0 Å². The fourth-order valence-electron chi connectivity index (χ4n) is 8.72. The van der Waals surface area contributed by atoms with Crippen molar-refractivity contribution in [2.45, 2.75) is 309 Å². The number of rotatable bonds is 54. The molecule has 0 aliphatic carbocycles. The van der Waals surface area contributed by atoms with Crippen LogP contribution in [0.3, 0.4) is 0 Å². The number of amides is 2. The molecule has 12 heteroatoms. The molecular formula is C57H108N2O9S. The average molecular weight is 998 g/mol. The molecule has 0 aromatic heterocycles. The van der Waals surface area contributed by atoms with Gasteiger partial charge < -0.3 is 30.3 Å². The maximum Gasteiger partial charge on any atom is 0.328 e. The molecule has 2 amide bonds. The van der Waals surface area contributed by atoms with E-state index in [1.165, 1.54) is 192 Å². The fraction of sp³-hybridized carbons (Fsp3) is 0.912. The number of ether oxygens (including phenoxy) is 2. The van der Waals surface area contributed by atoms with Gasteiger partial charge in [-0.1, -0.05) is 252 Å². The molecule has 0 fully saturated rings. The molecule has 2 unspecified atom stereocenters. The van der Waals surface area contributed by atoms with E-state index in [1.807, 2.05) is 0 Å². The van der Waals surface area contributed by atoms with E-state index >= 15 is 0 Å². The Bertz CT molecular complexity index is 1210. The van der Waals surface area contributed by atoms with E-state index in [9.17, 15) is 34.2 Å². The number of aliphatic hydroxyl groups excluding tert-OH is 1. The third kappa shape index (κ3) is 46.5. The molecule has 0 aliphatic heterocycles. The molecule has 4 N–H and O–H groups in total. The minimum Gasteiger partial charge on any atom is -0.480 e. The van der Waals surface area contributed by atoms with Crippen LogP contribution in [0.1, 0.15) is 290 Å². The molecule has 0 aliphatic rings. The summed E-state index contributed by atoms with van der Waals surface area (Å²) in [5, 5.41) is 24.2. The van der Waals surface area contributed by atoms with Gasteiger partial charge >= 0.3 is 17.9 Å². The number of unbranched alkanes of at least 4 members (excludes halogenated alkanes) is 36. The first kappa shape index (κ1) is 66.7. The number of carbonyl (C=O) groups is 5. The Balaban J connectivity index is 5.08. The molecule has 0 rings (SSSR count). The second-order valence-corrected chi connectivity index (χ2v) is 21.1. The van der Waals surface area contributed by atoms with Crippen LogP contribution in [0.4, 0.5) is 0 Å². The van der Waals surface area contributed by atoms with Crippen molar-refractivity contribution in [3.05, 3.63) is 0 Å². The van der Waals surface area contributed by atoms with Crippen molar-refractivity contribution in [3.63, 3.8) is 0 Å². The van der Waals surface area contributed by atoms with E-state index in [-0.39, 0.29) is 48.8 Å². The Morgan fingerprint density at radius 1 is 0.420 bits per heavy atom. The van der Waals surface area contributed by atoms with Gasteiger partial charge in [0.05, 0.1) is 6.61 Å². The molecule has 0 radical (unpaired) electrons. The highest BCUT2D eigenvalue weighted by molar-refractivity contribution is 7.99. The Labute approximate surface area is 427 Å². The van der Waals surface area contributed by atoms with Gasteiger partial charge in [-0.15, -0.1) is 0 Å². The molecule has 3 atom stereocenters. The number of carbonyl (C=O) groups excluding carboxylic acids is 4. The standard InChI is InChI=1S/C57H108N2O9S/c1-4-7-10-13-16-19-22-25-28-31-34-37-40-43-53(61)58-52(56(64)59-51(46-60)57(65)66)49-69-48-50(68-55(63)45-42-39-36-33-30-27-24-21-18-15-12-9-6-3)47-67-54(62)44-41-38-35-32-29-26-23-20-17-14-11-8-5-2/h50-52,60H,4-49H2,1-3H3,(H,58,61)(H,59,64)(H,65,66)/t50?,51-,52?/m1/s1. The second kappa shape index (κ2) is 52.0. The third-order valence-corrected chi connectivity index (χ3v) is 14.4. The molecular weight excluding hydrogens is 889 g/mol. The van der Waals surface area contributed by atoms with E-state index in [0.717, 1.165) is 64.2 Å². The summed E-state index contributed by atoms with van der Waals surface area (Å²) in [6, 6.07) is -2.60. The summed E-state index contributed by atoms with van der Waals surface area (Å²) in [6.45, 7) is 5.83. The van der Waals surface area contributed by atoms with Crippen LogP contribution in [0.25, 0.3) is 0 Å². The van der Waals surface area contributed by atoms with E-state index in [4.69, 9.17) is 9.47 Å². The first-order valence-electron chi connectivity index (χ1n) is 29.0. The van der Waals surface area contributed by atoms with Crippen LogP contribution in [-0.2, 0) is 33.4 Å². The highest BCUT2D eigenvalue weighted by Gasteiger charge is 2.27. The van der Waals surface area contributed by atoms with Gasteiger partial charge in [-0.25, -0.2) is 4.79 Å². The van der Waals surface area contributed by atoms with Crippen molar-refractivity contribution in [2.24, 2.45) is 0 Å². The Morgan fingerprint density at radius 2 is 0.754 bits per heavy atom. The predicted octanol–water partition coefficient (Wildman–Crippen LogP) is 14.7. The summed E-state index contributed by atoms with van der Waals surface area (Å²) in [5.74, 6) is -2.83. The van der Waals surface area contributed by atoms with Gasteiger partial charge in [0.2, 0.25) is 11.8 Å². The minimum absolute atomic E-state index is 0.0633. The van der Waals surface area contributed by atoms with Gasteiger partial charge in [0.1, 0.15) is 24.8 Å². The zero-order valence-electron chi connectivity index (χ0n) is 44.9. The normalized spacial score (nSPS) is 12.6. The number of carboxylic acids is 1. The SMILES string of the molecule is CCCCCCCCCCCCCCCC(=O)NC(CSCC(COC(=O)CCCCCCCCCCCCCCC)OC(=O)CCCCCCCCCCCCCCC)C(=O)N[C@H](CO)C(=O)O. The first-order valence-corrected chi connectivity index (χ1v) is 30.2. The number of hydrogen-bond acceptors (Lipinski definition) is 9. The van der Waals surface area contributed by atoms with Gasteiger partial charge in [-0.3, -0.25) is 19.2 Å². The zero-order valence-corrected chi connectivity index (χ0v) is 45.7. The molecule has 0 heterocycles. The smallest absolute Gasteiger partial charge is 0.328 e. The van der Waals surface area contributed by atoms with E-state index in [1.54, 1.807) is 0 Å². The number of hydrogen-bond donors (Lipinski definition) is 4. The molecule has 0 aromatic rings. The average Bonchev–Trinajstić information content (AvgIpc) is 3.33. The topological polar surface area (TPSA) is 168 Å². The van der Waals surface area contributed by atoms with Crippen molar-refractivity contribution < 1.29 is 43.7 Å². The van der Waals surface area contributed by atoms with Crippen molar-refractivity contribution >= 4 is 41.5 Å². The largest absolute Gasteiger partial charge is 0.480 e. The van der Waals surface area contributed by atoms with Crippen molar-refractivity contribution in [1.29, 1.82) is 0 Å². The number of aliphatic hydroxyl groups is 1. The second-order valence-electron chi connectivity index (χ2n) is 20.0. The lowest BCUT2D eigenvalue weighted by Crippen LogP contribution is -2.53. The van der Waals surface area contributed by atoms with Crippen LogP contribution in [0, 0.1) is 0 Å². The van der Waals surface area contributed by atoms with Crippen LogP contribution < -0.4 is 10.6 Å². The van der Waals surface area contributed by atoms with Crippen LogP contribution in [0.5, 0.6) is 0 Å². The van der Waals surface area contributed by atoms with Crippen molar-refractivity contribution in [3.8, 4) is 0 Å². The quantitative estimate of drug-likeness (QED) is 0.0340. The summed E-state index contributed by atoms with van der Waals surface area (Å²) >= 11 is 1.26. The molecule has 406 valence electrons. The Hall–Kier alpha value is -2.34. The summed E-state index contributed by atoms with van der Waals surface area (Å²) in [7, 11) is 0. The summed E-state index contributed by atoms with van der Waals surface area (Å²) in [6.07, 6.45) is 46.9.